The van der Waals surface area contributed by atoms with E-state index >= 15 is 0 Å². The maximum absolute atomic E-state index is 5.68. The van der Waals surface area contributed by atoms with Crippen LogP contribution in [-0.4, -0.2) is 49.3 Å². The lowest BCUT2D eigenvalue weighted by molar-refractivity contribution is -0.0487. The topological polar surface area (TPSA) is 24.5 Å². The van der Waals surface area contributed by atoms with Gasteiger partial charge in [0.05, 0.1) is 6.10 Å². The molecule has 0 aromatic rings. The maximum Gasteiger partial charge on any atom is 0.0604 e. The Kier molecular flexibility index (Phi) is 5.93. The lowest BCUT2D eigenvalue weighted by atomic mass is 9.87. The van der Waals surface area contributed by atoms with Gasteiger partial charge in [0.1, 0.15) is 0 Å². The summed E-state index contributed by atoms with van der Waals surface area (Å²) in [7, 11) is 0. The van der Waals surface area contributed by atoms with Gasteiger partial charge in [-0.05, 0) is 52.1 Å². The van der Waals surface area contributed by atoms with Gasteiger partial charge in [-0.15, -0.1) is 0 Å². The van der Waals surface area contributed by atoms with Crippen LogP contribution in [0, 0.1) is 0 Å². The zero-order valence-corrected chi connectivity index (χ0v) is 12.2. The fourth-order valence-corrected chi connectivity index (χ4v) is 3.28. The molecule has 3 heteroatoms. The minimum atomic E-state index is 0.540. The Morgan fingerprint density at radius 1 is 1.22 bits per heavy atom. The Balaban J connectivity index is 1.73. The molecule has 2 rings (SSSR count). The molecule has 1 N–H and O–H groups in total. The standard InChI is InChI=1S/C15H30N2O/c1-3-9-17(12-13-7-5-6-8-16-13)14-10-15(11-14)18-4-2/h13-16H,3-12H2,1-2H3. The van der Waals surface area contributed by atoms with Crippen molar-refractivity contribution in [2.75, 3.05) is 26.2 Å². The summed E-state index contributed by atoms with van der Waals surface area (Å²) in [5, 5.41) is 3.67. The van der Waals surface area contributed by atoms with E-state index in [9.17, 15) is 0 Å². The number of rotatable bonds is 7. The Morgan fingerprint density at radius 2 is 2.06 bits per heavy atom. The summed E-state index contributed by atoms with van der Waals surface area (Å²) in [5.74, 6) is 0. The number of piperidine rings is 1. The SMILES string of the molecule is CCCN(CC1CCCCN1)C1CC(OCC)C1. The van der Waals surface area contributed by atoms with E-state index < -0.39 is 0 Å². The molecule has 1 aliphatic carbocycles. The second kappa shape index (κ2) is 7.46. The van der Waals surface area contributed by atoms with Crippen molar-refractivity contribution in [1.82, 2.24) is 10.2 Å². The van der Waals surface area contributed by atoms with Crippen LogP contribution in [0.4, 0.5) is 0 Å². The molecular formula is C15H30N2O. The van der Waals surface area contributed by atoms with E-state index in [1.165, 1.54) is 58.2 Å². The average Bonchev–Trinajstić information content (AvgIpc) is 2.34. The van der Waals surface area contributed by atoms with Crippen LogP contribution >= 0.6 is 0 Å². The highest BCUT2D eigenvalue weighted by Crippen LogP contribution is 2.29. The van der Waals surface area contributed by atoms with E-state index in [1.807, 2.05) is 0 Å². The Hall–Kier alpha value is -0.120. The molecule has 0 spiro atoms. The molecule has 0 aromatic heterocycles. The Bertz CT molecular complexity index is 223. The van der Waals surface area contributed by atoms with E-state index in [1.54, 1.807) is 0 Å². The Morgan fingerprint density at radius 3 is 2.67 bits per heavy atom. The first kappa shape index (κ1) is 14.3. The number of ether oxygens (including phenoxy) is 1. The Labute approximate surface area is 112 Å². The molecular weight excluding hydrogens is 224 g/mol. The summed E-state index contributed by atoms with van der Waals surface area (Å²) in [5.41, 5.74) is 0. The van der Waals surface area contributed by atoms with Crippen LogP contribution in [0.1, 0.15) is 52.4 Å². The van der Waals surface area contributed by atoms with Gasteiger partial charge in [-0.1, -0.05) is 13.3 Å². The van der Waals surface area contributed by atoms with Gasteiger partial charge in [0.2, 0.25) is 0 Å². The minimum absolute atomic E-state index is 0.540. The van der Waals surface area contributed by atoms with Crippen molar-refractivity contribution < 1.29 is 4.74 Å². The van der Waals surface area contributed by atoms with E-state index in [-0.39, 0.29) is 0 Å². The zero-order chi connectivity index (χ0) is 12.8. The molecule has 0 bridgehead atoms. The van der Waals surface area contributed by atoms with Gasteiger partial charge in [0, 0.05) is 25.2 Å². The number of nitrogens with zero attached hydrogens (tertiary/aromatic N) is 1. The fourth-order valence-electron chi connectivity index (χ4n) is 3.28. The first-order chi connectivity index (χ1) is 8.83. The molecule has 0 radical (unpaired) electrons. The van der Waals surface area contributed by atoms with E-state index in [0.717, 1.165) is 18.7 Å². The van der Waals surface area contributed by atoms with Crippen molar-refractivity contribution in [3.8, 4) is 0 Å². The number of hydrogen-bond donors (Lipinski definition) is 1. The molecule has 0 amide bonds. The molecule has 1 aliphatic heterocycles. The molecule has 1 saturated carbocycles. The smallest absolute Gasteiger partial charge is 0.0604 e. The second-order valence-electron chi connectivity index (χ2n) is 5.84. The fraction of sp³-hybridized carbons (Fsp3) is 1.00. The number of nitrogens with one attached hydrogen (secondary N) is 1. The minimum Gasteiger partial charge on any atom is -0.378 e. The first-order valence-electron chi connectivity index (χ1n) is 7.92. The van der Waals surface area contributed by atoms with Gasteiger partial charge in [-0.25, -0.2) is 0 Å². The molecule has 1 heterocycles. The highest BCUT2D eigenvalue weighted by Gasteiger charge is 2.34. The summed E-state index contributed by atoms with van der Waals surface area (Å²) >= 11 is 0. The largest absolute Gasteiger partial charge is 0.378 e. The van der Waals surface area contributed by atoms with Crippen molar-refractivity contribution in [2.45, 2.75) is 70.6 Å². The van der Waals surface area contributed by atoms with E-state index in [2.05, 4.69) is 24.1 Å². The van der Waals surface area contributed by atoms with Gasteiger partial charge in [-0.3, -0.25) is 4.90 Å². The predicted molar refractivity (Wildman–Crippen MR) is 75.9 cm³/mol. The molecule has 2 fully saturated rings. The molecule has 18 heavy (non-hydrogen) atoms. The lowest BCUT2D eigenvalue weighted by Gasteiger charge is -2.44. The monoisotopic (exact) mass is 254 g/mol. The van der Waals surface area contributed by atoms with Crippen molar-refractivity contribution in [3.63, 3.8) is 0 Å². The van der Waals surface area contributed by atoms with Gasteiger partial charge in [0.25, 0.3) is 0 Å². The van der Waals surface area contributed by atoms with E-state index in [4.69, 9.17) is 4.74 Å². The van der Waals surface area contributed by atoms with Crippen LogP contribution in [0.5, 0.6) is 0 Å². The summed E-state index contributed by atoms with van der Waals surface area (Å²) < 4.78 is 5.68. The molecule has 106 valence electrons. The van der Waals surface area contributed by atoms with Crippen LogP contribution in [0.25, 0.3) is 0 Å². The quantitative estimate of drug-likeness (QED) is 0.755. The average molecular weight is 254 g/mol. The molecule has 3 nitrogen and oxygen atoms in total. The van der Waals surface area contributed by atoms with Gasteiger partial charge in [-0.2, -0.15) is 0 Å². The van der Waals surface area contributed by atoms with Crippen molar-refractivity contribution in [3.05, 3.63) is 0 Å². The van der Waals surface area contributed by atoms with Crippen molar-refractivity contribution in [1.29, 1.82) is 0 Å². The predicted octanol–water partition coefficient (Wildman–Crippen LogP) is 2.41. The first-order valence-corrected chi connectivity index (χ1v) is 7.92. The lowest BCUT2D eigenvalue weighted by Crippen LogP contribution is -2.53. The summed E-state index contributed by atoms with van der Waals surface area (Å²) in [6, 6.07) is 1.52. The van der Waals surface area contributed by atoms with Gasteiger partial charge in [0.15, 0.2) is 0 Å². The molecule has 1 atom stereocenters. The highest BCUT2D eigenvalue weighted by molar-refractivity contribution is 4.90. The summed E-state index contributed by atoms with van der Waals surface area (Å²) in [4.78, 5) is 2.71. The summed E-state index contributed by atoms with van der Waals surface area (Å²) in [6.45, 7) is 8.98. The number of hydrogen-bond acceptors (Lipinski definition) is 3. The molecule has 1 unspecified atom stereocenters. The zero-order valence-electron chi connectivity index (χ0n) is 12.2. The van der Waals surface area contributed by atoms with Crippen molar-refractivity contribution >= 4 is 0 Å². The third-order valence-corrected chi connectivity index (χ3v) is 4.37. The normalized spacial score (nSPS) is 32.5. The summed E-state index contributed by atoms with van der Waals surface area (Å²) in [6.07, 6.45) is 8.44. The highest BCUT2D eigenvalue weighted by atomic mass is 16.5. The molecule has 0 aromatic carbocycles. The van der Waals surface area contributed by atoms with Crippen LogP contribution in [0.3, 0.4) is 0 Å². The van der Waals surface area contributed by atoms with Crippen molar-refractivity contribution in [2.24, 2.45) is 0 Å². The van der Waals surface area contributed by atoms with Crippen LogP contribution in [0.15, 0.2) is 0 Å². The van der Waals surface area contributed by atoms with Gasteiger partial charge >= 0.3 is 0 Å². The van der Waals surface area contributed by atoms with Gasteiger partial charge < -0.3 is 10.1 Å². The van der Waals surface area contributed by atoms with Crippen LogP contribution in [0.2, 0.25) is 0 Å². The van der Waals surface area contributed by atoms with Crippen LogP contribution < -0.4 is 5.32 Å². The van der Waals surface area contributed by atoms with E-state index in [0.29, 0.717) is 6.10 Å². The molecule has 2 aliphatic rings. The van der Waals surface area contributed by atoms with Crippen LogP contribution in [-0.2, 0) is 4.74 Å². The third-order valence-electron chi connectivity index (χ3n) is 4.37. The molecule has 1 saturated heterocycles. The maximum atomic E-state index is 5.68. The second-order valence-corrected chi connectivity index (χ2v) is 5.84. The third kappa shape index (κ3) is 3.94.